The van der Waals surface area contributed by atoms with E-state index in [9.17, 15) is 19.0 Å². The lowest BCUT2D eigenvalue weighted by molar-refractivity contribution is -0.0288. The Morgan fingerprint density at radius 1 is 0.944 bits per heavy atom. The van der Waals surface area contributed by atoms with Crippen molar-refractivity contribution in [3.05, 3.63) is 35.4 Å². The second-order valence-corrected chi connectivity index (χ2v) is 5.04. The number of hydrogen-bond donors (Lipinski definition) is 2. The Labute approximate surface area is 105 Å². The van der Waals surface area contributed by atoms with Crippen LogP contribution in [0.15, 0.2) is 18.2 Å². The Morgan fingerprint density at radius 3 is 2.06 bits per heavy atom. The van der Waals surface area contributed by atoms with Gasteiger partial charge in [0.25, 0.3) is 0 Å². The fraction of sp³-hybridized carbons (Fsp3) is 0.571. The van der Waals surface area contributed by atoms with Gasteiger partial charge in [0, 0.05) is 6.07 Å². The monoisotopic (exact) mass is 256 g/mol. The van der Waals surface area contributed by atoms with E-state index in [1.807, 2.05) is 0 Å². The average molecular weight is 256 g/mol. The van der Waals surface area contributed by atoms with Crippen LogP contribution in [0.25, 0.3) is 0 Å². The van der Waals surface area contributed by atoms with Crippen LogP contribution < -0.4 is 0 Å². The summed E-state index contributed by atoms with van der Waals surface area (Å²) in [7, 11) is 0. The number of halogens is 2. The molecule has 1 aromatic carbocycles. The van der Waals surface area contributed by atoms with Gasteiger partial charge in [0.05, 0.1) is 6.10 Å². The maximum Gasteiger partial charge on any atom is 0.126 e. The van der Waals surface area contributed by atoms with E-state index in [2.05, 4.69) is 0 Å². The molecule has 2 unspecified atom stereocenters. The molecule has 100 valence electrons. The summed E-state index contributed by atoms with van der Waals surface area (Å²) in [6.07, 6.45) is 2.75. The molecule has 1 aliphatic carbocycles. The normalized spacial score (nSPS) is 20.7. The molecular weight excluding hydrogens is 238 g/mol. The Hall–Kier alpha value is -1.00. The standard InChI is InChI=1S/C14H18F2O2/c15-11-6-10(7-12(16)8-11)14(18)13(17)9-4-2-1-3-5-9/h6-9,13-14,17-18H,1-5H2. The first-order chi connectivity index (χ1) is 8.58. The van der Waals surface area contributed by atoms with Gasteiger partial charge in [-0.3, -0.25) is 0 Å². The summed E-state index contributed by atoms with van der Waals surface area (Å²) in [5, 5.41) is 20.1. The third kappa shape index (κ3) is 3.06. The van der Waals surface area contributed by atoms with E-state index in [-0.39, 0.29) is 11.5 Å². The fourth-order valence-electron chi connectivity index (χ4n) is 2.68. The summed E-state index contributed by atoms with van der Waals surface area (Å²) in [4.78, 5) is 0. The fourth-order valence-corrected chi connectivity index (χ4v) is 2.68. The van der Waals surface area contributed by atoms with E-state index in [1.54, 1.807) is 0 Å². The Morgan fingerprint density at radius 2 is 1.50 bits per heavy atom. The average Bonchev–Trinajstić information content (AvgIpc) is 2.37. The highest BCUT2D eigenvalue weighted by atomic mass is 19.1. The first-order valence-electron chi connectivity index (χ1n) is 6.40. The first-order valence-corrected chi connectivity index (χ1v) is 6.40. The minimum Gasteiger partial charge on any atom is -0.390 e. The molecule has 1 fully saturated rings. The van der Waals surface area contributed by atoms with Crippen molar-refractivity contribution in [3.63, 3.8) is 0 Å². The summed E-state index contributed by atoms with van der Waals surface area (Å²) in [5.74, 6) is -1.46. The lowest BCUT2D eigenvalue weighted by Gasteiger charge is -2.29. The second-order valence-electron chi connectivity index (χ2n) is 5.04. The molecule has 1 aromatic rings. The molecule has 0 saturated heterocycles. The maximum absolute atomic E-state index is 13.1. The lowest BCUT2D eigenvalue weighted by Crippen LogP contribution is -2.29. The van der Waals surface area contributed by atoms with Crippen LogP contribution in [0.2, 0.25) is 0 Å². The van der Waals surface area contributed by atoms with Gasteiger partial charge in [-0.05, 0) is 36.5 Å². The van der Waals surface area contributed by atoms with E-state index in [0.29, 0.717) is 0 Å². The van der Waals surface area contributed by atoms with Gasteiger partial charge in [0.2, 0.25) is 0 Å². The number of hydrogen-bond acceptors (Lipinski definition) is 2. The summed E-state index contributed by atoms with van der Waals surface area (Å²) in [6, 6.07) is 2.89. The van der Waals surface area contributed by atoms with Crippen LogP contribution in [0.4, 0.5) is 8.78 Å². The lowest BCUT2D eigenvalue weighted by atomic mass is 9.82. The number of rotatable bonds is 3. The largest absolute Gasteiger partial charge is 0.390 e. The minimum atomic E-state index is -1.22. The SMILES string of the molecule is OC(c1cc(F)cc(F)c1)C(O)C1CCCCC1. The van der Waals surface area contributed by atoms with Crippen molar-refractivity contribution in [2.45, 2.75) is 44.3 Å². The molecule has 2 N–H and O–H groups in total. The molecule has 2 nitrogen and oxygen atoms in total. The van der Waals surface area contributed by atoms with Crippen molar-refractivity contribution in [2.24, 2.45) is 5.92 Å². The van der Waals surface area contributed by atoms with E-state index >= 15 is 0 Å². The number of aliphatic hydroxyl groups is 2. The highest BCUT2D eigenvalue weighted by Crippen LogP contribution is 2.32. The molecule has 0 radical (unpaired) electrons. The summed E-state index contributed by atoms with van der Waals surface area (Å²) < 4.78 is 26.1. The summed E-state index contributed by atoms with van der Waals surface area (Å²) in [6.45, 7) is 0. The topological polar surface area (TPSA) is 40.5 Å². The zero-order valence-electron chi connectivity index (χ0n) is 10.1. The van der Waals surface area contributed by atoms with Crippen LogP contribution in [0.3, 0.4) is 0 Å². The van der Waals surface area contributed by atoms with Gasteiger partial charge in [-0.25, -0.2) is 8.78 Å². The molecule has 1 aliphatic rings. The molecule has 2 atom stereocenters. The van der Waals surface area contributed by atoms with Gasteiger partial charge in [-0.15, -0.1) is 0 Å². The summed E-state index contributed by atoms with van der Waals surface area (Å²) in [5.41, 5.74) is 0.102. The van der Waals surface area contributed by atoms with E-state index in [4.69, 9.17) is 0 Å². The van der Waals surface area contributed by atoms with Crippen LogP contribution in [0.5, 0.6) is 0 Å². The number of aliphatic hydroxyl groups excluding tert-OH is 2. The molecule has 0 bridgehead atoms. The molecule has 0 aliphatic heterocycles. The molecule has 0 heterocycles. The van der Waals surface area contributed by atoms with Gasteiger partial charge in [-0.1, -0.05) is 19.3 Å². The van der Waals surface area contributed by atoms with E-state index in [1.165, 1.54) is 0 Å². The van der Waals surface area contributed by atoms with Crippen molar-refractivity contribution < 1.29 is 19.0 Å². The first kappa shape index (κ1) is 13.4. The Balaban J connectivity index is 2.11. The Bertz CT molecular complexity index is 383. The van der Waals surface area contributed by atoms with Gasteiger partial charge in [-0.2, -0.15) is 0 Å². The molecule has 0 spiro atoms. The third-order valence-corrected chi connectivity index (χ3v) is 3.68. The van der Waals surface area contributed by atoms with Crippen molar-refractivity contribution in [2.75, 3.05) is 0 Å². The van der Waals surface area contributed by atoms with Gasteiger partial charge in [0.1, 0.15) is 17.7 Å². The number of benzene rings is 1. The third-order valence-electron chi connectivity index (χ3n) is 3.68. The molecular formula is C14H18F2O2. The predicted octanol–water partition coefficient (Wildman–Crippen LogP) is 2.94. The molecule has 1 saturated carbocycles. The van der Waals surface area contributed by atoms with Crippen LogP contribution >= 0.6 is 0 Å². The molecule has 18 heavy (non-hydrogen) atoms. The van der Waals surface area contributed by atoms with Crippen LogP contribution in [0.1, 0.15) is 43.8 Å². The van der Waals surface area contributed by atoms with Crippen molar-refractivity contribution in [3.8, 4) is 0 Å². The second kappa shape index (κ2) is 5.76. The smallest absolute Gasteiger partial charge is 0.126 e. The van der Waals surface area contributed by atoms with E-state index in [0.717, 1.165) is 50.3 Å². The molecule has 2 rings (SSSR count). The van der Waals surface area contributed by atoms with Gasteiger partial charge in [0.15, 0.2) is 0 Å². The van der Waals surface area contributed by atoms with Crippen LogP contribution in [-0.2, 0) is 0 Å². The van der Waals surface area contributed by atoms with Crippen LogP contribution in [-0.4, -0.2) is 16.3 Å². The highest BCUT2D eigenvalue weighted by molar-refractivity contribution is 5.21. The van der Waals surface area contributed by atoms with Crippen molar-refractivity contribution >= 4 is 0 Å². The molecule has 0 amide bonds. The highest BCUT2D eigenvalue weighted by Gasteiger charge is 2.29. The van der Waals surface area contributed by atoms with Gasteiger partial charge >= 0.3 is 0 Å². The van der Waals surface area contributed by atoms with Crippen molar-refractivity contribution in [1.82, 2.24) is 0 Å². The molecule has 0 aromatic heterocycles. The Kier molecular flexibility index (Phi) is 4.30. The zero-order valence-corrected chi connectivity index (χ0v) is 10.1. The van der Waals surface area contributed by atoms with Gasteiger partial charge < -0.3 is 10.2 Å². The van der Waals surface area contributed by atoms with E-state index < -0.39 is 23.8 Å². The quantitative estimate of drug-likeness (QED) is 0.873. The zero-order chi connectivity index (χ0) is 13.1. The minimum absolute atomic E-state index is 0.0140. The maximum atomic E-state index is 13.1. The molecule has 4 heteroatoms. The summed E-state index contributed by atoms with van der Waals surface area (Å²) >= 11 is 0. The predicted molar refractivity (Wildman–Crippen MR) is 63.9 cm³/mol. The van der Waals surface area contributed by atoms with Crippen molar-refractivity contribution in [1.29, 1.82) is 0 Å². The van der Waals surface area contributed by atoms with Crippen LogP contribution in [0, 0.1) is 17.6 Å².